The van der Waals surface area contributed by atoms with Crippen LogP contribution < -0.4 is 4.74 Å². The summed E-state index contributed by atoms with van der Waals surface area (Å²) >= 11 is 6.02. The van der Waals surface area contributed by atoms with Crippen LogP contribution in [0.15, 0.2) is 24.3 Å². The predicted molar refractivity (Wildman–Crippen MR) is 62.8 cm³/mol. The third-order valence-corrected chi connectivity index (χ3v) is 2.79. The molecule has 0 amide bonds. The fourth-order valence-electron chi connectivity index (χ4n) is 1.02. The first kappa shape index (κ1) is 12.8. The Labute approximate surface area is 100.0 Å². The largest absolute Gasteiger partial charge is 0.504 e. The van der Waals surface area contributed by atoms with E-state index in [1.165, 1.54) is 12.1 Å². The van der Waals surface area contributed by atoms with Gasteiger partial charge in [0.2, 0.25) is 0 Å². The number of hydrogen-bond acceptors (Lipinski definition) is 3. The van der Waals surface area contributed by atoms with Crippen molar-refractivity contribution in [3.05, 3.63) is 24.3 Å². The number of alkyl halides is 1. The van der Waals surface area contributed by atoms with E-state index in [2.05, 4.69) is 0 Å². The van der Waals surface area contributed by atoms with E-state index in [1.54, 1.807) is 32.9 Å². The molecule has 0 spiro atoms. The van der Waals surface area contributed by atoms with E-state index in [1.807, 2.05) is 0 Å². The Bertz CT molecular complexity index is 382. The number of aromatic hydroxyl groups is 1. The molecule has 16 heavy (non-hydrogen) atoms. The molecule has 88 valence electrons. The first-order valence-electron chi connectivity index (χ1n) is 5.01. The van der Waals surface area contributed by atoms with Gasteiger partial charge in [-0.15, -0.1) is 11.6 Å². The van der Waals surface area contributed by atoms with E-state index in [0.29, 0.717) is 0 Å². The maximum absolute atomic E-state index is 11.7. The van der Waals surface area contributed by atoms with E-state index in [-0.39, 0.29) is 11.5 Å². The minimum atomic E-state index is -0.679. The Hall–Kier alpha value is -1.22. The zero-order valence-electron chi connectivity index (χ0n) is 9.53. The summed E-state index contributed by atoms with van der Waals surface area (Å²) in [4.78, 5) is 11.0. The van der Waals surface area contributed by atoms with Crippen molar-refractivity contribution in [1.82, 2.24) is 0 Å². The summed E-state index contributed by atoms with van der Waals surface area (Å²) in [5, 5.41) is 9.43. The summed E-state index contributed by atoms with van der Waals surface area (Å²) in [5.74, 6) is -0.828. The molecule has 3 nitrogen and oxygen atoms in total. The standard InChI is InChI=1S/C12H15ClO3/c1-8(12(2,3)13)11(15)16-10-7-5-4-6-9(10)14/h4-8,14H,1-3H3. The fourth-order valence-corrected chi connectivity index (χ4v) is 1.11. The SMILES string of the molecule is CC(C(=O)Oc1ccccc1O)C(C)(C)Cl. The van der Waals surface area contributed by atoms with E-state index in [9.17, 15) is 9.90 Å². The van der Waals surface area contributed by atoms with Crippen LogP contribution >= 0.6 is 11.6 Å². The van der Waals surface area contributed by atoms with E-state index in [0.717, 1.165) is 0 Å². The fraction of sp³-hybridized carbons (Fsp3) is 0.417. The van der Waals surface area contributed by atoms with Crippen molar-refractivity contribution in [1.29, 1.82) is 0 Å². The molecule has 0 bridgehead atoms. The molecule has 0 fully saturated rings. The zero-order valence-corrected chi connectivity index (χ0v) is 10.3. The third-order valence-electron chi connectivity index (χ3n) is 2.46. The molecule has 1 N–H and O–H groups in total. The van der Waals surface area contributed by atoms with E-state index < -0.39 is 16.8 Å². The van der Waals surface area contributed by atoms with Gasteiger partial charge in [-0.25, -0.2) is 0 Å². The van der Waals surface area contributed by atoms with Crippen molar-refractivity contribution >= 4 is 17.6 Å². The monoisotopic (exact) mass is 242 g/mol. The van der Waals surface area contributed by atoms with Gasteiger partial charge in [0, 0.05) is 0 Å². The lowest BCUT2D eigenvalue weighted by molar-refractivity contribution is -0.139. The Balaban J connectivity index is 2.76. The van der Waals surface area contributed by atoms with Crippen LogP contribution in [0.1, 0.15) is 20.8 Å². The normalized spacial score (nSPS) is 13.2. The number of rotatable bonds is 3. The summed E-state index contributed by atoms with van der Waals surface area (Å²) in [6.07, 6.45) is 0. The average Bonchev–Trinajstić information content (AvgIpc) is 2.19. The Morgan fingerprint density at radius 1 is 1.44 bits per heavy atom. The molecule has 0 saturated carbocycles. The highest BCUT2D eigenvalue weighted by molar-refractivity contribution is 6.24. The molecule has 1 rings (SSSR count). The number of halogens is 1. The zero-order chi connectivity index (χ0) is 12.3. The molecule has 0 saturated heterocycles. The van der Waals surface area contributed by atoms with Gasteiger partial charge in [0.1, 0.15) is 0 Å². The van der Waals surface area contributed by atoms with Crippen LogP contribution in [0.2, 0.25) is 0 Å². The van der Waals surface area contributed by atoms with Crippen LogP contribution in [0.5, 0.6) is 11.5 Å². The lowest BCUT2D eigenvalue weighted by atomic mass is 9.97. The minimum absolute atomic E-state index is 0.0598. The summed E-state index contributed by atoms with van der Waals surface area (Å²) in [6, 6.07) is 6.32. The molecule has 0 aliphatic carbocycles. The Morgan fingerprint density at radius 2 is 2.00 bits per heavy atom. The molecule has 1 atom stereocenters. The van der Waals surface area contributed by atoms with Gasteiger partial charge < -0.3 is 9.84 Å². The van der Waals surface area contributed by atoms with E-state index >= 15 is 0 Å². The molecule has 4 heteroatoms. The Kier molecular flexibility index (Phi) is 3.81. The number of carbonyl (C=O) groups is 1. The van der Waals surface area contributed by atoms with Gasteiger partial charge in [-0.05, 0) is 26.0 Å². The maximum Gasteiger partial charge on any atom is 0.315 e. The number of benzene rings is 1. The second-order valence-corrected chi connectivity index (χ2v) is 5.15. The van der Waals surface area contributed by atoms with Crippen molar-refractivity contribution in [2.75, 3.05) is 0 Å². The highest BCUT2D eigenvalue weighted by atomic mass is 35.5. The van der Waals surface area contributed by atoms with Crippen molar-refractivity contribution in [3.8, 4) is 11.5 Å². The number of esters is 1. The summed E-state index contributed by atoms with van der Waals surface area (Å²) in [5.41, 5.74) is 0. The third kappa shape index (κ3) is 3.14. The quantitative estimate of drug-likeness (QED) is 0.504. The number of para-hydroxylation sites is 2. The Morgan fingerprint density at radius 3 is 2.50 bits per heavy atom. The number of hydrogen-bond donors (Lipinski definition) is 1. The summed E-state index contributed by atoms with van der Waals surface area (Å²) < 4.78 is 5.06. The van der Waals surface area contributed by atoms with Gasteiger partial charge in [-0.2, -0.15) is 0 Å². The molecule has 0 aliphatic heterocycles. The summed E-state index contributed by atoms with van der Waals surface area (Å²) in [7, 11) is 0. The second kappa shape index (κ2) is 4.74. The average molecular weight is 243 g/mol. The smallest absolute Gasteiger partial charge is 0.315 e. The molecule has 1 aromatic carbocycles. The van der Waals surface area contributed by atoms with E-state index in [4.69, 9.17) is 16.3 Å². The van der Waals surface area contributed by atoms with Crippen molar-refractivity contribution < 1.29 is 14.6 Å². The van der Waals surface area contributed by atoms with Gasteiger partial charge in [0.05, 0.1) is 10.8 Å². The van der Waals surface area contributed by atoms with Crippen LogP contribution in [-0.2, 0) is 4.79 Å². The molecule has 0 radical (unpaired) electrons. The molecule has 0 aliphatic rings. The van der Waals surface area contributed by atoms with Crippen molar-refractivity contribution in [2.24, 2.45) is 5.92 Å². The second-order valence-electron chi connectivity index (χ2n) is 4.17. The molecular weight excluding hydrogens is 228 g/mol. The summed E-state index contributed by atoms with van der Waals surface area (Å²) in [6.45, 7) is 5.17. The van der Waals surface area contributed by atoms with Crippen molar-refractivity contribution in [2.45, 2.75) is 25.6 Å². The molecule has 0 heterocycles. The first-order valence-corrected chi connectivity index (χ1v) is 5.38. The van der Waals surface area contributed by atoms with Crippen LogP contribution in [0.4, 0.5) is 0 Å². The lowest BCUT2D eigenvalue weighted by Gasteiger charge is -2.22. The van der Waals surface area contributed by atoms with Crippen LogP contribution in [-0.4, -0.2) is 16.0 Å². The topological polar surface area (TPSA) is 46.5 Å². The van der Waals surface area contributed by atoms with Gasteiger partial charge in [-0.3, -0.25) is 4.79 Å². The van der Waals surface area contributed by atoms with Gasteiger partial charge in [0.15, 0.2) is 11.5 Å². The molecule has 1 unspecified atom stereocenters. The molecular formula is C12H15ClO3. The maximum atomic E-state index is 11.7. The molecule has 1 aromatic rings. The van der Waals surface area contributed by atoms with Crippen LogP contribution in [0.25, 0.3) is 0 Å². The minimum Gasteiger partial charge on any atom is -0.504 e. The lowest BCUT2D eigenvalue weighted by Crippen LogP contribution is -2.32. The number of ether oxygens (including phenoxy) is 1. The first-order chi connectivity index (χ1) is 7.32. The number of carbonyl (C=O) groups excluding carboxylic acids is 1. The predicted octanol–water partition coefficient (Wildman–Crippen LogP) is 2.95. The van der Waals surface area contributed by atoms with Crippen LogP contribution in [0.3, 0.4) is 0 Å². The number of phenols is 1. The molecule has 0 aromatic heterocycles. The van der Waals surface area contributed by atoms with Gasteiger partial charge >= 0.3 is 5.97 Å². The van der Waals surface area contributed by atoms with Crippen LogP contribution in [0, 0.1) is 5.92 Å². The van der Waals surface area contributed by atoms with Gasteiger partial charge in [-0.1, -0.05) is 19.1 Å². The highest BCUT2D eigenvalue weighted by Gasteiger charge is 2.31. The van der Waals surface area contributed by atoms with Crippen molar-refractivity contribution in [3.63, 3.8) is 0 Å². The number of phenolic OH excluding ortho intramolecular Hbond substituents is 1. The van der Waals surface area contributed by atoms with Gasteiger partial charge in [0.25, 0.3) is 0 Å². The highest BCUT2D eigenvalue weighted by Crippen LogP contribution is 2.29.